The number of anilines is 1. The Morgan fingerprint density at radius 1 is 1.17 bits per heavy atom. The lowest BCUT2D eigenvalue weighted by atomic mass is 10.0. The molecule has 0 spiro atoms. The molecule has 0 aliphatic rings. The average molecular weight is 431 g/mol. The van der Waals surface area contributed by atoms with E-state index in [0.29, 0.717) is 0 Å². The predicted molar refractivity (Wildman–Crippen MR) is 117 cm³/mol. The number of benzene rings is 2. The quantitative estimate of drug-likeness (QED) is 0.441. The van der Waals surface area contributed by atoms with Crippen molar-refractivity contribution < 1.29 is 18.4 Å². The number of rotatable bonds is 7. The number of carbonyl (C=O) groups is 1. The summed E-state index contributed by atoms with van der Waals surface area (Å²) in [5.41, 5.74) is 5.49. The Morgan fingerprint density at radius 3 is 2.37 bits per heavy atom. The first-order chi connectivity index (χ1) is 14.0. The molecular weight excluding hydrogens is 404 g/mol. The summed E-state index contributed by atoms with van der Waals surface area (Å²) in [4.78, 5) is 14.0. The highest BCUT2D eigenvalue weighted by atomic mass is 32.2. The number of hydroxylamine groups is 1. The second-order valence-corrected chi connectivity index (χ2v) is 10.2. The summed E-state index contributed by atoms with van der Waals surface area (Å²) in [5.74, 6) is -0.954. The molecule has 0 aliphatic carbocycles. The Balaban J connectivity index is 1.85. The molecule has 2 aromatic carbocycles. The zero-order valence-electron chi connectivity index (χ0n) is 17.5. The van der Waals surface area contributed by atoms with Gasteiger partial charge in [0.2, 0.25) is 0 Å². The fourth-order valence-corrected chi connectivity index (χ4v) is 4.08. The van der Waals surface area contributed by atoms with Crippen LogP contribution in [0, 0.1) is 0 Å². The smallest absolute Gasteiger partial charge is 0.264 e. The largest absolute Gasteiger partial charge is 0.378 e. The molecule has 1 amide bonds. The van der Waals surface area contributed by atoms with Crippen molar-refractivity contribution in [2.45, 2.75) is 24.6 Å². The van der Waals surface area contributed by atoms with E-state index in [2.05, 4.69) is 29.4 Å². The topological polar surface area (TPSA) is 105 Å². The van der Waals surface area contributed by atoms with Crippen molar-refractivity contribution in [1.29, 1.82) is 0 Å². The second-order valence-electron chi connectivity index (χ2n) is 7.80. The van der Waals surface area contributed by atoms with Crippen LogP contribution in [0.25, 0.3) is 22.0 Å². The summed E-state index contributed by atoms with van der Waals surface area (Å²) in [6, 6.07) is 14.2. The van der Waals surface area contributed by atoms with Gasteiger partial charge in [0.1, 0.15) is 0 Å². The number of hydrogen-bond acceptors (Lipinski definition) is 6. The fraction of sp³-hybridized carbons (Fsp3) is 0.333. The van der Waals surface area contributed by atoms with Gasteiger partial charge >= 0.3 is 0 Å². The zero-order valence-corrected chi connectivity index (χ0v) is 18.3. The van der Waals surface area contributed by atoms with Crippen LogP contribution < -0.4 is 10.4 Å². The minimum Gasteiger partial charge on any atom is -0.378 e. The van der Waals surface area contributed by atoms with Gasteiger partial charge in [0, 0.05) is 44.2 Å². The maximum Gasteiger partial charge on any atom is 0.264 e. The third-order valence-electron chi connectivity index (χ3n) is 5.49. The van der Waals surface area contributed by atoms with E-state index >= 15 is 0 Å². The van der Waals surface area contributed by atoms with Gasteiger partial charge in [-0.2, -0.15) is 5.10 Å². The van der Waals surface area contributed by atoms with E-state index in [1.54, 1.807) is 4.68 Å². The molecule has 2 N–H and O–H groups in total. The molecule has 0 fully saturated rings. The lowest BCUT2D eigenvalue weighted by Gasteiger charge is -2.24. The molecule has 1 aromatic heterocycles. The van der Waals surface area contributed by atoms with Crippen LogP contribution in [0.5, 0.6) is 0 Å². The summed E-state index contributed by atoms with van der Waals surface area (Å²) >= 11 is 0. The van der Waals surface area contributed by atoms with Gasteiger partial charge in [-0.15, -0.1) is 0 Å². The van der Waals surface area contributed by atoms with E-state index in [9.17, 15) is 13.2 Å². The lowest BCUT2D eigenvalue weighted by Crippen LogP contribution is -2.49. The first-order valence-corrected chi connectivity index (χ1v) is 11.3. The number of aromatic nitrogens is 2. The van der Waals surface area contributed by atoms with Crippen molar-refractivity contribution in [1.82, 2.24) is 15.3 Å². The van der Waals surface area contributed by atoms with Crippen LogP contribution in [0.1, 0.15) is 13.3 Å². The summed E-state index contributed by atoms with van der Waals surface area (Å²) in [6.07, 6.45) is 2.79. The molecule has 1 unspecified atom stereocenters. The van der Waals surface area contributed by atoms with E-state index in [1.165, 1.54) is 12.4 Å². The SMILES string of the molecule is CN(C)c1ccc(-c2ccc3nn(CCC(C)(C(=O)NO)S(C)(=O)=O)cc3c2)cc1. The predicted octanol–water partition coefficient (Wildman–Crippen LogP) is 2.47. The summed E-state index contributed by atoms with van der Waals surface area (Å²) in [7, 11) is 0.244. The molecule has 1 atom stereocenters. The van der Waals surface area contributed by atoms with Crippen LogP contribution in [0.4, 0.5) is 5.69 Å². The molecule has 8 nitrogen and oxygen atoms in total. The van der Waals surface area contributed by atoms with Gasteiger partial charge < -0.3 is 4.90 Å². The summed E-state index contributed by atoms with van der Waals surface area (Å²) < 4.78 is 24.1. The Kier molecular flexibility index (Phi) is 5.87. The van der Waals surface area contributed by atoms with Crippen molar-refractivity contribution in [3.8, 4) is 11.1 Å². The van der Waals surface area contributed by atoms with Crippen LogP contribution in [0.2, 0.25) is 0 Å². The van der Waals surface area contributed by atoms with Gasteiger partial charge in [-0.25, -0.2) is 13.9 Å². The molecule has 0 saturated carbocycles. The first kappa shape index (κ1) is 21.8. The minimum atomic E-state index is -3.75. The maximum absolute atomic E-state index is 12.1. The molecule has 9 heteroatoms. The number of sulfone groups is 1. The number of nitrogens with one attached hydrogen (secondary N) is 1. The van der Waals surface area contributed by atoms with Crippen LogP contribution in [0.15, 0.2) is 48.7 Å². The molecule has 0 bridgehead atoms. The zero-order chi connectivity index (χ0) is 22.1. The van der Waals surface area contributed by atoms with Gasteiger partial charge in [0.15, 0.2) is 14.6 Å². The first-order valence-electron chi connectivity index (χ1n) is 9.44. The summed E-state index contributed by atoms with van der Waals surface area (Å²) in [5, 5.41) is 14.3. The third kappa shape index (κ3) is 4.17. The monoisotopic (exact) mass is 430 g/mol. The van der Waals surface area contributed by atoms with E-state index in [-0.39, 0.29) is 13.0 Å². The van der Waals surface area contributed by atoms with Gasteiger partial charge in [0.05, 0.1) is 5.52 Å². The number of carbonyl (C=O) groups excluding carboxylic acids is 1. The molecule has 3 rings (SSSR count). The standard InChI is InChI=1S/C21H26N4O4S/c1-21(20(26)23-27,30(4,28)29)11-12-25-14-17-13-16(7-10-19(17)22-25)15-5-8-18(9-6-15)24(2)3/h5-10,13-14,27H,11-12H2,1-4H3,(H,23,26). The Bertz CT molecular complexity index is 1170. The van der Waals surface area contributed by atoms with Crippen LogP contribution in [-0.2, 0) is 21.2 Å². The normalized spacial score (nSPS) is 13.8. The van der Waals surface area contributed by atoms with Crippen molar-refractivity contribution in [3.05, 3.63) is 48.7 Å². The lowest BCUT2D eigenvalue weighted by molar-refractivity contribution is -0.131. The number of nitrogens with zero attached hydrogens (tertiary/aromatic N) is 3. The Hall–Kier alpha value is -2.91. The molecular formula is C21H26N4O4S. The molecule has 0 radical (unpaired) electrons. The van der Waals surface area contributed by atoms with Gasteiger partial charge in [-0.05, 0) is 48.7 Å². The molecule has 1 heterocycles. The highest BCUT2D eigenvalue weighted by molar-refractivity contribution is 7.92. The average Bonchev–Trinajstić information content (AvgIpc) is 3.12. The van der Waals surface area contributed by atoms with Crippen molar-refractivity contribution in [2.24, 2.45) is 0 Å². The van der Waals surface area contributed by atoms with Crippen molar-refractivity contribution in [2.75, 3.05) is 25.3 Å². The molecule has 0 aliphatic heterocycles. The fourth-order valence-electron chi connectivity index (χ4n) is 3.24. The van der Waals surface area contributed by atoms with E-state index in [4.69, 9.17) is 5.21 Å². The van der Waals surface area contributed by atoms with Crippen molar-refractivity contribution >= 4 is 32.3 Å². The number of fused-ring (bicyclic) bond motifs is 1. The highest BCUT2D eigenvalue weighted by Crippen LogP contribution is 2.27. The van der Waals surface area contributed by atoms with E-state index in [1.807, 2.05) is 43.4 Å². The highest BCUT2D eigenvalue weighted by Gasteiger charge is 2.43. The Morgan fingerprint density at radius 2 is 1.80 bits per heavy atom. The van der Waals surface area contributed by atoms with Crippen molar-refractivity contribution in [3.63, 3.8) is 0 Å². The second kappa shape index (κ2) is 8.08. The van der Waals surface area contributed by atoms with Crippen LogP contribution >= 0.6 is 0 Å². The number of aryl methyl sites for hydroxylation is 1. The van der Waals surface area contributed by atoms with E-state index in [0.717, 1.165) is 34.0 Å². The third-order valence-corrected chi connectivity index (χ3v) is 7.51. The molecule has 30 heavy (non-hydrogen) atoms. The maximum atomic E-state index is 12.1. The molecule has 0 saturated heterocycles. The summed E-state index contributed by atoms with van der Waals surface area (Å²) in [6.45, 7) is 1.51. The molecule has 160 valence electrons. The Labute approximate surface area is 176 Å². The van der Waals surface area contributed by atoms with Crippen LogP contribution in [0.3, 0.4) is 0 Å². The van der Waals surface area contributed by atoms with Gasteiger partial charge in [0.25, 0.3) is 5.91 Å². The number of amides is 1. The van der Waals surface area contributed by atoms with E-state index < -0.39 is 20.5 Å². The number of hydrogen-bond donors (Lipinski definition) is 2. The molecule has 3 aromatic rings. The minimum absolute atomic E-state index is 0.0227. The van der Waals surface area contributed by atoms with Gasteiger partial charge in [-0.3, -0.25) is 14.7 Å². The van der Waals surface area contributed by atoms with Crippen LogP contribution in [-0.4, -0.2) is 54.4 Å². The van der Waals surface area contributed by atoms with Gasteiger partial charge in [-0.1, -0.05) is 18.2 Å².